The van der Waals surface area contributed by atoms with Gasteiger partial charge >= 0.3 is 0 Å². The molecule has 0 aliphatic heterocycles. The molecule has 2 aliphatic rings. The molecule has 2 N–H and O–H groups in total. The second-order valence-electron chi connectivity index (χ2n) is 7.32. The molecule has 2 aliphatic carbocycles. The van der Waals surface area contributed by atoms with Crippen molar-refractivity contribution in [1.82, 2.24) is 0 Å². The highest BCUT2D eigenvalue weighted by Gasteiger charge is 2.45. The Morgan fingerprint density at radius 2 is 1.70 bits per heavy atom. The molecule has 0 spiro atoms. The molecule has 120 valence electrons. The van der Waals surface area contributed by atoms with Gasteiger partial charge in [0, 0.05) is 5.41 Å². The van der Waals surface area contributed by atoms with Crippen molar-refractivity contribution >= 4 is 0 Å². The number of aryl methyl sites for hydroxylation is 1. The molecule has 23 heavy (non-hydrogen) atoms. The number of hydrogen-bond acceptors (Lipinski definition) is 2. The maximum absolute atomic E-state index is 9.86. The van der Waals surface area contributed by atoms with Crippen molar-refractivity contribution in [2.24, 2.45) is 5.92 Å². The Hall–Kier alpha value is -1.96. The van der Waals surface area contributed by atoms with Crippen LogP contribution in [-0.4, -0.2) is 10.2 Å². The first-order valence-corrected chi connectivity index (χ1v) is 8.78. The quantitative estimate of drug-likeness (QED) is 0.843. The minimum absolute atomic E-state index is 0.205. The van der Waals surface area contributed by atoms with Gasteiger partial charge in [-0.2, -0.15) is 0 Å². The predicted molar refractivity (Wildman–Crippen MR) is 91.9 cm³/mol. The van der Waals surface area contributed by atoms with Crippen molar-refractivity contribution in [2.45, 2.75) is 50.4 Å². The lowest BCUT2D eigenvalue weighted by Gasteiger charge is -2.49. The Balaban J connectivity index is 1.79. The van der Waals surface area contributed by atoms with Gasteiger partial charge in [0.1, 0.15) is 11.5 Å². The zero-order valence-corrected chi connectivity index (χ0v) is 13.5. The molecule has 0 amide bonds. The number of phenolic OH excluding ortho intramolecular Hbond substituents is 2. The van der Waals surface area contributed by atoms with Crippen LogP contribution in [0.5, 0.6) is 11.5 Å². The van der Waals surface area contributed by atoms with E-state index in [9.17, 15) is 10.2 Å². The third-order valence-corrected chi connectivity index (χ3v) is 6.05. The van der Waals surface area contributed by atoms with Gasteiger partial charge in [-0.3, -0.25) is 0 Å². The lowest BCUT2D eigenvalue weighted by Crippen LogP contribution is -2.43. The van der Waals surface area contributed by atoms with Crippen LogP contribution in [0.4, 0.5) is 0 Å². The summed E-state index contributed by atoms with van der Waals surface area (Å²) < 4.78 is 0. The van der Waals surface area contributed by atoms with Gasteiger partial charge in [-0.25, -0.2) is 0 Å². The van der Waals surface area contributed by atoms with E-state index in [1.54, 1.807) is 12.1 Å². The van der Waals surface area contributed by atoms with Crippen molar-refractivity contribution in [1.29, 1.82) is 0 Å². The Bertz CT molecular complexity index is 704. The van der Waals surface area contributed by atoms with Crippen LogP contribution < -0.4 is 0 Å². The predicted octanol–water partition coefficient (Wildman–Crippen LogP) is 4.71. The highest BCUT2D eigenvalue weighted by molar-refractivity contribution is 5.44. The molecule has 0 heterocycles. The molecular formula is C21H24O2. The van der Waals surface area contributed by atoms with E-state index in [0.29, 0.717) is 11.5 Å². The van der Waals surface area contributed by atoms with E-state index in [-0.39, 0.29) is 5.41 Å². The molecule has 2 aromatic rings. The third kappa shape index (κ3) is 2.50. The van der Waals surface area contributed by atoms with Crippen molar-refractivity contribution in [3.8, 4) is 11.5 Å². The summed E-state index contributed by atoms with van der Waals surface area (Å²) in [6, 6.07) is 13.7. The first-order valence-electron chi connectivity index (χ1n) is 8.78. The van der Waals surface area contributed by atoms with Gasteiger partial charge in [-0.1, -0.05) is 31.0 Å². The van der Waals surface area contributed by atoms with E-state index >= 15 is 0 Å². The molecular weight excluding hydrogens is 284 g/mol. The lowest BCUT2D eigenvalue weighted by molar-refractivity contribution is 0.158. The first-order chi connectivity index (χ1) is 11.2. The number of fused-ring (bicyclic) bond motifs is 3. The van der Waals surface area contributed by atoms with Gasteiger partial charge in [0.2, 0.25) is 0 Å². The lowest BCUT2D eigenvalue weighted by atomic mass is 9.55. The van der Waals surface area contributed by atoms with E-state index in [1.807, 2.05) is 12.1 Å². The fourth-order valence-electron chi connectivity index (χ4n) is 5.00. The molecule has 2 aromatic carbocycles. The molecule has 1 fully saturated rings. The summed E-state index contributed by atoms with van der Waals surface area (Å²) in [5, 5.41) is 19.4. The normalized spacial score (nSPS) is 26.3. The van der Waals surface area contributed by atoms with Crippen LogP contribution in [0, 0.1) is 5.92 Å². The molecule has 2 unspecified atom stereocenters. The molecule has 2 heteroatoms. The van der Waals surface area contributed by atoms with Gasteiger partial charge in [0.05, 0.1) is 0 Å². The topological polar surface area (TPSA) is 40.5 Å². The standard InChI is InChI=1S/C21H24O2/c22-18-8-4-15(5-9-18)14-21-12-2-1-3-17(21)7-6-16-13-19(23)10-11-20(16)21/h4-5,8-11,13,17,22-23H,1-3,6-7,12,14H2. The van der Waals surface area contributed by atoms with Gasteiger partial charge in [-0.15, -0.1) is 0 Å². The number of rotatable bonds is 2. The van der Waals surface area contributed by atoms with Crippen molar-refractivity contribution in [3.63, 3.8) is 0 Å². The van der Waals surface area contributed by atoms with Gasteiger partial charge in [0.25, 0.3) is 0 Å². The van der Waals surface area contributed by atoms with E-state index in [0.717, 1.165) is 18.8 Å². The van der Waals surface area contributed by atoms with Gasteiger partial charge < -0.3 is 10.2 Å². The van der Waals surface area contributed by atoms with Crippen LogP contribution in [0.1, 0.15) is 48.8 Å². The van der Waals surface area contributed by atoms with Crippen LogP contribution in [0.2, 0.25) is 0 Å². The van der Waals surface area contributed by atoms with Crippen LogP contribution in [0.15, 0.2) is 42.5 Å². The van der Waals surface area contributed by atoms with Crippen molar-refractivity contribution in [3.05, 3.63) is 59.2 Å². The summed E-state index contributed by atoms with van der Waals surface area (Å²) in [6.07, 6.45) is 8.54. The zero-order chi connectivity index (χ0) is 15.9. The first kappa shape index (κ1) is 14.6. The third-order valence-electron chi connectivity index (χ3n) is 6.05. The van der Waals surface area contributed by atoms with Crippen LogP contribution in [0.25, 0.3) is 0 Å². The van der Waals surface area contributed by atoms with E-state index < -0.39 is 0 Å². The van der Waals surface area contributed by atoms with Crippen LogP contribution in [0.3, 0.4) is 0 Å². The fraction of sp³-hybridized carbons (Fsp3) is 0.429. The van der Waals surface area contributed by atoms with E-state index in [4.69, 9.17) is 0 Å². The number of benzene rings is 2. The molecule has 0 aromatic heterocycles. The smallest absolute Gasteiger partial charge is 0.115 e. The molecule has 2 nitrogen and oxygen atoms in total. The maximum Gasteiger partial charge on any atom is 0.115 e. The summed E-state index contributed by atoms with van der Waals surface area (Å²) in [5.41, 5.74) is 4.30. The molecule has 0 bridgehead atoms. The van der Waals surface area contributed by atoms with E-state index in [1.165, 1.54) is 48.8 Å². The number of phenols is 2. The Kier molecular flexibility index (Phi) is 3.56. The molecule has 4 rings (SSSR count). The average Bonchev–Trinajstić information content (AvgIpc) is 2.56. The van der Waals surface area contributed by atoms with E-state index in [2.05, 4.69) is 18.2 Å². The summed E-state index contributed by atoms with van der Waals surface area (Å²) >= 11 is 0. The maximum atomic E-state index is 9.86. The number of aromatic hydroxyl groups is 2. The minimum Gasteiger partial charge on any atom is -0.508 e. The van der Waals surface area contributed by atoms with Gasteiger partial charge in [0.15, 0.2) is 0 Å². The molecule has 2 atom stereocenters. The largest absolute Gasteiger partial charge is 0.508 e. The van der Waals surface area contributed by atoms with Crippen molar-refractivity contribution < 1.29 is 10.2 Å². The zero-order valence-electron chi connectivity index (χ0n) is 13.5. The minimum atomic E-state index is 0.205. The summed E-state index contributed by atoms with van der Waals surface area (Å²) in [4.78, 5) is 0. The highest BCUT2D eigenvalue weighted by atomic mass is 16.3. The Morgan fingerprint density at radius 1 is 0.913 bits per heavy atom. The Morgan fingerprint density at radius 3 is 2.52 bits per heavy atom. The molecule has 0 saturated heterocycles. The molecule has 1 saturated carbocycles. The SMILES string of the molecule is Oc1ccc(CC23CCCCC2CCc2cc(O)ccc23)cc1. The summed E-state index contributed by atoms with van der Waals surface area (Å²) in [7, 11) is 0. The summed E-state index contributed by atoms with van der Waals surface area (Å²) in [5.74, 6) is 1.46. The van der Waals surface area contributed by atoms with Gasteiger partial charge in [-0.05, 0) is 79.0 Å². The van der Waals surface area contributed by atoms with Crippen LogP contribution >= 0.6 is 0 Å². The number of hydrogen-bond donors (Lipinski definition) is 2. The fourth-order valence-corrected chi connectivity index (χ4v) is 5.00. The monoisotopic (exact) mass is 308 g/mol. The average molecular weight is 308 g/mol. The van der Waals surface area contributed by atoms with Crippen molar-refractivity contribution in [2.75, 3.05) is 0 Å². The second kappa shape index (κ2) is 5.59. The molecule has 0 radical (unpaired) electrons. The Labute approximate surface area is 137 Å². The van der Waals surface area contributed by atoms with Crippen LogP contribution in [-0.2, 0) is 18.3 Å². The highest BCUT2D eigenvalue weighted by Crippen LogP contribution is 2.52. The summed E-state index contributed by atoms with van der Waals surface area (Å²) in [6.45, 7) is 0. The second-order valence-corrected chi connectivity index (χ2v) is 7.32.